The van der Waals surface area contributed by atoms with Crippen LogP contribution in [0.25, 0.3) is 17.4 Å². The maximum atomic E-state index is 13.2. The van der Waals surface area contributed by atoms with Gasteiger partial charge in [0.1, 0.15) is 23.2 Å². The molecule has 0 radical (unpaired) electrons. The molecule has 0 aliphatic carbocycles. The summed E-state index contributed by atoms with van der Waals surface area (Å²) in [5, 5.41) is 10.5. The van der Waals surface area contributed by atoms with Gasteiger partial charge in [0.25, 0.3) is 11.8 Å². The molecular weight excluding hydrogens is 459 g/mol. The van der Waals surface area contributed by atoms with Gasteiger partial charge in [0.05, 0.1) is 5.02 Å². The van der Waals surface area contributed by atoms with E-state index in [4.69, 9.17) is 27.6 Å². The highest BCUT2D eigenvalue weighted by atomic mass is 35.5. The molecule has 0 bridgehead atoms. The normalized spacial score (nSPS) is 15.3. The number of amides is 2. The molecule has 2 heterocycles. The smallest absolute Gasteiger partial charge is 0.271 e. The van der Waals surface area contributed by atoms with Gasteiger partial charge in [-0.05, 0) is 60.9 Å². The third-order valence-electron chi connectivity index (χ3n) is 5.40. The van der Waals surface area contributed by atoms with Crippen molar-refractivity contribution in [2.75, 3.05) is 6.54 Å². The van der Waals surface area contributed by atoms with E-state index >= 15 is 0 Å². The number of hydrogen-bond donors (Lipinski definition) is 0. The Morgan fingerprint density at radius 1 is 1.03 bits per heavy atom. The van der Waals surface area contributed by atoms with Crippen LogP contribution in [0, 0.1) is 11.3 Å². The second kappa shape index (κ2) is 9.50. The molecule has 0 spiro atoms. The van der Waals surface area contributed by atoms with Crippen molar-refractivity contribution < 1.29 is 14.0 Å². The highest BCUT2D eigenvalue weighted by molar-refractivity contribution is 6.36. The van der Waals surface area contributed by atoms with Crippen LogP contribution in [-0.4, -0.2) is 23.3 Å². The van der Waals surface area contributed by atoms with E-state index in [0.29, 0.717) is 39.1 Å². The summed E-state index contributed by atoms with van der Waals surface area (Å²) in [6.45, 7) is 1.76. The van der Waals surface area contributed by atoms with E-state index in [1.165, 1.54) is 0 Å². The van der Waals surface area contributed by atoms with Gasteiger partial charge in [-0.2, -0.15) is 5.26 Å². The van der Waals surface area contributed by atoms with Gasteiger partial charge in [-0.15, -0.1) is 0 Å². The maximum Gasteiger partial charge on any atom is 0.271 e. The Bertz CT molecular complexity index is 1350. The molecule has 0 atom stereocenters. The Kier molecular flexibility index (Phi) is 6.50. The summed E-state index contributed by atoms with van der Waals surface area (Å²) in [6, 6.07) is 20.0. The zero-order valence-corrected chi connectivity index (χ0v) is 19.2. The van der Waals surface area contributed by atoms with E-state index in [1.807, 2.05) is 36.4 Å². The maximum absolute atomic E-state index is 13.2. The van der Waals surface area contributed by atoms with Crippen LogP contribution in [0.5, 0.6) is 0 Å². The van der Waals surface area contributed by atoms with Crippen molar-refractivity contribution in [3.63, 3.8) is 0 Å². The molecule has 7 heteroatoms. The monoisotopic (exact) mass is 476 g/mol. The highest BCUT2D eigenvalue weighted by Gasteiger charge is 2.35. The van der Waals surface area contributed by atoms with E-state index in [0.717, 1.165) is 10.5 Å². The first-order chi connectivity index (χ1) is 15.9. The van der Waals surface area contributed by atoms with Gasteiger partial charge >= 0.3 is 0 Å². The molecule has 0 fully saturated rings. The van der Waals surface area contributed by atoms with Crippen LogP contribution in [-0.2, 0) is 16.0 Å². The molecule has 33 heavy (non-hydrogen) atoms. The molecule has 2 aromatic carbocycles. The number of furan rings is 1. The molecule has 2 amide bonds. The lowest BCUT2D eigenvalue weighted by atomic mass is 9.94. The van der Waals surface area contributed by atoms with Gasteiger partial charge in [-0.25, -0.2) is 0 Å². The van der Waals surface area contributed by atoms with Crippen LogP contribution in [0.4, 0.5) is 0 Å². The summed E-state index contributed by atoms with van der Waals surface area (Å²) in [4.78, 5) is 27.1. The van der Waals surface area contributed by atoms with Crippen molar-refractivity contribution in [1.29, 1.82) is 5.26 Å². The first-order valence-electron chi connectivity index (χ1n) is 10.2. The van der Waals surface area contributed by atoms with Gasteiger partial charge in [-0.1, -0.05) is 53.5 Å². The largest absolute Gasteiger partial charge is 0.457 e. The average Bonchev–Trinajstić information content (AvgIpc) is 3.26. The van der Waals surface area contributed by atoms with Gasteiger partial charge in [0.15, 0.2) is 0 Å². The van der Waals surface area contributed by atoms with E-state index < -0.39 is 11.8 Å². The van der Waals surface area contributed by atoms with Crippen molar-refractivity contribution in [2.24, 2.45) is 0 Å². The quantitative estimate of drug-likeness (QED) is 0.329. The zero-order valence-electron chi connectivity index (χ0n) is 17.6. The molecule has 164 valence electrons. The van der Waals surface area contributed by atoms with Crippen LogP contribution in [0.1, 0.15) is 18.2 Å². The Balaban J connectivity index is 1.66. The molecule has 1 aliphatic rings. The molecule has 1 aromatic heterocycles. The molecule has 0 saturated heterocycles. The number of benzene rings is 2. The number of rotatable bonds is 5. The summed E-state index contributed by atoms with van der Waals surface area (Å²) >= 11 is 12.2. The third-order valence-corrected chi connectivity index (χ3v) is 5.95. The first-order valence-corrected chi connectivity index (χ1v) is 10.9. The lowest BCUT2D eigenvalue weighted by Crippen LogP contribution is -2.43. The fourth-order valence-electron chi connectivity index (χ4n) is 3.63. The topological polar surface area (TPSA) is 74.3 Å². The number of carbonyl (C=O) groups is 2. The molecule has 5 nitrogen and oxygen atoms in total. The van der Waals surface area contributed by atoms with Crippen LogP contribution in [0.2, 0.25) is 10.0 Å². The second-order valence-electron chi connectivity index (χ2n) is 7.49. The van der Waals surface area contributed by atoms with Gasteiger partial charge in [-0.3, -0.25) is 14.5 Å². The lowest BCUT2D eigenvalue weighted by Gasteiger charge is -2.27. The summed E-state index contributed by atoms with van der Waals surface area (Å²) in [7, 11) is 0. The molecule has 3 aromatic rings. The Morgan fingerprint density at radius 2 is 1.79 bits per heavy atom. The SMILES string of the molecule is CC1=C(C#N)C(=O)N(CCc2ccccc2)C(=O)/C1=C/c1ccc(-c2ccc(Cl)cc2Cl)o1. The number of nitriles is 1. The minimum absolute atomic E-state index is 0.0542. The van der Waals surface area contributed by atoms with E-state index in [-0.39, 0.29) is 17.7 Å². The van der Waals surface area contributed by atoms with Crippen molar-refractivity contribution in [3.05, 3.63) is 98.8 Å². The standard InChI is InChI=1S/C26H18Cl2N2O3/c1-16-21(14-19-8-10-24(33-19)20-9-7-18(27)13-23(20)28)25(31)30(26(32)22(16)15-29)12-11-17-5-3-2-4-6-17/h2-10,13-14H,11-12H2,1H3/b21-14+. The van der Waals surface area contributed by atoms with E-state index in [2.05, 4.69) is 0 Å². The molecular formula is C26H18Cl2N2O3. The minimum Gasteiger partial charge on any atom is -0.457 e. The fraction of sp³-hybridized carbons (Fsp3) is 0.115. The summed E-state index contributed by atoms with van der Waals surface area (Å²) in [5.41, 5.74) is 2.16. The third kappa shape index (κ3) is 4.63. The number of imide groups is 1. The number of nitrogens with zero attached hydrogens (tertiary/aromatic N) is 2. The van der Waals surface area contributed by atoms with Crippen LogP contribution in [0.3, 0.4) is 0 Å². The summed E-state index contributed by atoms with van der Waals surface area (Å²) in [6.07, 6.45) is 2.04. The minimum atomic E-state index is -0.582. The average molecular weight is 477 g/mol. The van der Waals surface area contributed by atoms with Crippen LogP contribution >= 0.6 is 23.2 Å². The number of carbonyl (C=O) groups excluding carboxylic acids is 2. The predicted octanol–water partition coefficient (Wildman–Crippen LogP) is 6.09. The van der Waals surface area contributed by atoms with Gasteiger partial charge in [0, 0.05) is 22.7 Å². The van der Waals surface area contributed by atoms with Crippen molar-refractivity contribution in [2.45, 2.75) is 13.3 Å². The Hall–Kier alpha value is -3.59. The van der Waals surface area contributed by atoms with Crippen LogP contribution in [0.15, 0.2) is 81.8 Å². The lowest BCUT2D eigenvalue weighted by molar-refractivity contribution is -0.140. The van der Waals surface area contributed by atoms with Crippen molar-refractivity contribution in [3.8, 4) is 17.4 Å². The molecule has 4 rings (SSSR count). The predicted molar refractivity (Wildman–Crippen MR) is 127 cm³/mol. The molecule has 1 aliphatic heterocycles. The van der Waals surface area contributed by atoms with E-state index in [9.17, 15) is 14.9 Å². The highest BCUT2D eigenvalue weighted by Crippen LogP contribution is 2.33. The second-order valence-corrected chi connectivity index (χ2v) is 8.34. The van der Waals surface area contributed by atoms with E-state index in [1.54, 1.807) is 43.3 Å². The number of hydrogen-bond acceptors (Lipinski definition) is 4. The summed E-state index contributed by atoms with van der Waals surface area (Å²) < 4.78 is 5.88. The fourth-order valence-corrected chi connectivity index (χ4v) is 4.13. The number of halogens is 2. The van der Waals surface area contributed by atoms with Crippen LogP contribution < -0.4 is 0 Å². The molecule has 0 saturated carbocycles. The zero-order chi connectivity index (χ0) is 23.5. The van der Waals surface area contributed by atoms with Crippen molar-refractivity contribution in [1.82, 2.24) is 4.90 Å². The Labute approximate surface area is 201 Å². The molecule has 0 N–H and O–H groups in total. The van der Waals surface area contributed by atoms with Gasteiger partial charge < -0.3 is 4.42 Å². The Morgan fingerprint density at radius 3 is 2.48 bits per heavy atom. The summed E-state index contributed by atoms with van der Waals surface area (Å²) in [5.74, 6) is -0.143. The molecule has 0 unspecified atom stereocenters. The van der Waals surface area contributed by atoms with Gasteiger partial charge in [0.2, 0.25) is 0 Å². The van der Waals surface area contributed by atoms with Crippen molar-refractivity contribution >= 4 is 41.1 Å². The first kappa shape index (κ1) is 22.6.